The first-order chi connectivity index (χ1) is 12.0. The normalized spacial score (nSPS) is 24.7. The second-order valence-electron chi connectivity index (χ2n) is 6.99. The summed E-state index contributed by atoms with van der Waals surface area (Å²) in [4.78, 5) is 3.55. The Morgan fingerprint density at radius 3 is 2.44 bits per heavy atom. The molecule has 1 aromatic heterocycles. The fraction of sp³-hybridized carbons (Fsp3) is 0.238. The molecule has 3 aromatic rings. The molecule has 4 heteroatoms. The van der Waals surface area contributed by atoms with Crippen LogP contribution in [0.1, 0.15) is 40.6 Å². The summed E-state index contributed by atoms with van der Waals surface area (Å²) < 4.78 is 38.7. The summed E-state index contributed by atoms with van der Waals surface area (Å²) in [6.45, 7) is 0. The van der Waals surface area contributed by atoms with Crippen molar-refractivity contribution in [1.29, 1.82) is 0 Å². The lowest BCUT2D eigenvalue weighted by molar-refractivity contribution is -0.137. The summed E-state index contributed by atoms with van der Waals surface area (Å²) in [6, 6.07) is 13.9. The predicted octanol–water partition coefficient (Wildman–Crippen LogP) is 5.99. The van der Waals surface area contributed by atoms with Crippen molar-refractivity contribution in [2.45, 2.75) is 24.4 Å². The fourth-order valence-corrected chi connectivity index (χ4v) is 4.51. The van der Waals surface area contributed by atoms with Crippen LogP contribution in [-0.4, -0.2) is 4.98 Å². The van der Waals surface area contributed by atoms with Gasteiger partial charge in [-0.15, -0.1) is 0 Å². The van der Waals surface area contributed by atoms with Crippen molar-refractivity contribution in [3.8, 4) is 0 Å². The Balaban J connectivity index is 1.68. The molecule has 5 rings (SSSR count). The van der Waals surface area contributed by atoms with Gasteiger partial charge >= 0.3 is 6.18 Å². The van der Waals surface area contributed by atoms with Gasteiger partial charge in [-0.25, -0.2) is 0 Å². The molecule has 0 spiro atoms. The van der Waals surface area contributed by atoms with Gasteiger partial charge < -0.3 is 4.98 Å². The first kappa shape index (κ1) is 14.8. The molecule has 2 aliphatic carbocycles. The molecule has 0 radical (unpaired) electrons. The standard InChI is InChI=1S/C21H16F3N/c22-21(23,24)15-9-7-12(8-10-15)18-13-5-6-14(11-13)20-19(18)16-3-1-2-4-17(16)25-20/h1-10,13-14,18,25H,11H2. The number of fused-ring (bicyclic) bond motifs is 6. The quantitative estimate of drug-likeness (QED) is 0.524. The van der Waals surface area contributed by atoms with E-state index in [1.54, 1.807) is 12.1 Å². The third-order valence-corrected chi connectivity index (χ3v) is 5.60. The van der Waals surface area contributed by atoms with E-state index in [-0.39, 0.29) is 5.92 Å². The van der Waals surface area contributed by atoms with Crippen LogP contribution in [0.4, 0.5) is 13.2 Å². The average Bonchev–Trinajstić information content (AvgIpc) is 3.18. The Morgan fingerprint density at radius 2 is 1.68 bits per heavy atom. The monoisotopic (exact) mass is 339 g/mol. The van der Waals surface area contributed by atoms with Crippen molar-refractivity contribution in [3.63, 3.8) is 0 Å². The third kappa shape index (κ3) is 2.16. The van der Waals surface area contributed by atoms with E-state index in [4.69, 9.17) is 0 Å². The highest BCUT2D eigenvalue weighted by atomic mass is 19.4. The maximum absolute atomic E-state index is 12.9. The van der Waals surface area contributed by atoms with E-state index in [1.807, 2.05) is 12.1 Å². The Bertz CT molecular complexity index is 979. The number of H-pyrrole nitrogens is 1. The lowest BCUT2D eigenvalue weighted by Gasteiger charge is -2.30. The molecule has 0 fully saturated rings. The molecule has 0 saturated carbocycles. The van der Waals surface area contributed by atoms with Crippen LogP contribution >= 0.6 is 0 Å². The number of alkyl halides is 3. The number of hydrogen-bond donors (Lipinski definition) is 1. The van der Waals surface area contributed by atoms with Crippen LogP contribution in [0, 0.1) is 5.92 Å². The van der Waals surface area contributed by atoms with Gasteiger partial charge in [0.2, 0.25) is 0 Å². The Labute approximate surface area is 143 Å². The van der Waals surface area contributed by atoms with Crippen LogP contribution in [0.5, 0.6) is 0 Å². The number of rotatable bonds is 1. The van der Waals surface area contributed by atoms with Crippen LogP contribution in [0.15, 0.2) is 60.7 Å². The number of nitrogens with one attached hydrogen (secondary N) is 1. The van der Waals surface area contributed by atoms with Gasteiger partial charge in [-0.1, -0.05) is 42.5 Å². The second kappa shape index (κ2) is 5.01. The Kier molecular flexibility index (Phi) is 2.97. The number of allylic oxidation sites excluding steroid dienone is 2. The average molecular weight is 339 g/mol. The maximum Gasteiger partial charge on any atom is 0.416 e. The van der Waals surface area contributed by atoms with Crippen LogP contribution in [0.2, 0.25) is 0 Å². The first-order valence-electron chi connectivity index (χ1n) is 8.48. The lowest BCUT2D eigenvalue weighted by atomic mass is 9.73. The highest BCUT2D eigenvalue weighted by Crippen LogP contribution is 2.52. The molecule has 0 amide bonds. The van der Waals surface area contributed by atoms with Gasteiger partial charge in [0.15, 0.2) is 0 Å². The van der Waals surface area contributed by atoms with E-state index < -0.39 is 11.7 Å². The predicted molar refractivity (Wildman–Crippen MR) is 91.6 cm³/mol. The van der Waals surface area contributed by atoms with Crippen molar-refractivity contribution in [2.24, 2.45) is 5.92 Å². The summed E-state index contributed by atoms with van der Waals surface area (Å²) in [7, 11) is 0. The molecule has 2 aromatic carbocycles. The molecule has 2 aliphatic rings. The minimum atomic E-state index is -4.30. The Morgan fingerprint density at radius 1 is 0.920 bits per heavy atom. The van der Waals surface area contributed by atoms with E-state index in [0.29, 0.717) is 11.8 Å². The van der Waals surface area contributed by atoms with Gasteiger partial charge in [-0.3, -0.25) is 0 Å². The molecule has 0 saturated heterocycles. The Hall–Kier alpha value is -2.49. The topological polar surface area (TPSA) is 15.8 Å². The van der Waals surface area contributed by atoms with E-state index in [9.17, 15) is 13.2 Å². The molecule has 25 heavy (non-hydrogen) atoms. The molecule has 1 heterocycles. The molecule has 2 bridgehead atoms. The summed E-state index contributed by atoms with van der Waals surface area (Å²) in [5.41, 5.74) is 3.93. The smallest absolute Gasteiger partial charge is 0.358 e. The number of para-hydroxylation sites is 1. The summed E-state index contributed by atoms with van der Waals surface area (Å²) in [5.74, 6) is 0.829. The zero-order valence-corrected chi connectivity index (χ0v) is 13.3. The number of aromatic nitrogens is 1. The second-order valence-corrected chi connectivity index (χ2v) is 6.99. The highest BCUT2D eigenvalue weighted by Gasteiger charge is 2.40. The zero-order valence-electron chi connectivity index (χ0n) is 13.3. The van der Waals surface area contributed by atoms with Gasteiger partial charge in [0.1, 0.15) is 0 Å². The molecular formula is C21H16F3N. The molecule has 0 aliphatic heterocycles. The fourth-order valence-electron chi connectivity index (χ4n) is 4.51. The van der Waals surface area contributed by atoms with Gasteiger partial charge in [0.05, 0.1) is 5.56 Å². The number of benzene rings is 2. The van der Waals surface area contributed by atoms with Crippen LogP contribution in [0.3, 0.4) is 0 Å². The number of hydrogen-bond acceptors (Lipinski definition) is 0. The summed E-state index contributed by atoms with van der Waals surface area (Å²) in [6.07, 6.45) is 1.19. The van der Waals surface area contributed by atoms with E-state index in [2.05, 4.69) is 29.3 Å². The first-order valence-corrected chi connectivity index (χ1v) is 8.48. The number of aromatic amines is 1. The highest BCUT2D eigenvalue weighted by molar-refractivity contribution is 5.86. The molecule has 1 N–H and O–H groups in total. The third-order valence-electron chi connectivity index (χ3n) is 5.60. The molecule has 3 unspecified atom stereocenters. The van der Waals surface area contributed by atoms with Crippen molar-refractivity contribution >= 4 is 10.9 Å². The van der Waals surface area contributed by atoms with Crippen molar-refractivity contribution < 1.29 is 13.2 Å². The van der Waals surface area contributed by atoms with Gasteiger partial charge in [-0.2, -0.15) is 13.2 Å². The van der Waals surface area contributed by atoms with Crippen LogP contribution in [0.25, 0.3) is 10.9 Å². The summed E-state index contributed by atoms with van der Waals surface area (Å²) >= 11 is 0. The minimum Gasteiger partial charge on any atom is -0.358 e. The largest absolute Gasteiger partial charge is 0.416 e. The van der Waals surface area contributed by atoms with Crippen molar-refractivity contribution in [3.05, 3.63) is 83.1 Å². The molecule has 126 valence electrons. The van der Waals surface area contributed by atoms with Gasteiger partial charge in [-0.05, 0) is 41.7 Å². The maximum atomic E-state index is 12.9. The zero-order chi connectivity index (χ0) is 17.2. The van der Waals surface area contributed by atoms with Crippen LogP contribution < -0.4 is 0 Å². The molecular weight excluding hydrogens is 323 g/mol. The van der Waals surface area contributed by atoms with Crippen molar-refractivity contribution in [1.82, 2.24) is 4.98 Å². The van der Waals surface area contributed by atoms with Crippen molar-refractivity contribution in [2.75, 3.05) is 0 Å². The van der Waals surface area contributed by atoms with E-state index >= 15 is 0 Å². The summed E-state index contributed by atoms with van der Waals surface area (Å²) in [5, 5.41) is 1.18. The van der Waals surface area contributed by atoms with Gasteiger partial charge in [0, 0.05) is 28.4 Å². The number of halogens is 3. The van der Waals surface area contributed by atoms with E-state index in [0.717, 1.165) is 17.5 Å². The lowest BCUT2D eigenvalue weighted by Crippen LogP contribution is -2.19. The molecule has 1 nitrogen and oxygen atoms in total. The molecule has 3 atom stereocenters. The van der Waals surface area contributed by atoms with Crippen LogP contribution in [-0.2, 0) is 6.18 Å². The SMILES string of the molecule is FC(F)(F)c1ccc(C2c3c([nH]c4ccccc34)C3C=CC2C3)cc1. The minimum absolute atomic E-state index is 0.100. The van der Waals surface area contributed by atoms with Gasteiger partial charge in [0.25, 0.3) is 0 Å². The van der Waals surface area contributed by atoms with E-state index in [1.165, 1.54) is 28.8 Å².